The summed E-state index contributed by atoms with van der Waals surface area (Å²) in [5.74, 6) is -1.70. The Labute approximate surface area is 184 Å². The van der Waals surface area contributed by atoms with Crippen molar-refractivity contribution in [1.82, 2.24) is 10.4 Å². The number of unbranched alkanes of at least 4 members (excludes halogenated alkanes) is 3. The van der Waals surface area contributed by atoms with Gasteiger partial charge in [0.2, 0.25) is 5.91 Å². The van der Waals surface area contributed by atoms with Crippen LogP contribution < -0.4 is 5.32 Å². The molecule has 0 aliphatic carbocycles. The number of hydrogen-bond acceptors (Lipinski definition) is 5. The molecule has 0 fully saturated rings. The number of halogens is 2. The van der Waals surface area contributed by atoms with Gasteiger partial charge in [-0.15, -0.1) is 0 Å². The number of hydrogen-bond donors (Lipinski definition) is 2. The van der Waals surface area contributed by atoms with E-state index in [1.807, 2.05) is 0 Å². The van der Waals surface area contributed by atoms with Gasteiger partial charge in [-0.1, -0.05) is 25.0 Å². The number of rotatable bonds is 10. The van der Waals surface area contributed by atoms with Gasteiger partial charge in [-0.25, -0.2) is 4.39 Å². The second-order valence-corrected chi connectivity index (χ2v) is 7.22. The van der Waals surface area contributed by atoms with Gasteiger partial charge in [0.1, 0.15) is 11.6 Å². The number of furan rings is 1. The molecular formula is C22H24ClFN2O5. The summed E-state index contributed by atoms with van der Waals surface area (Å²) >= 11 is 5.79. The molecule has 0 unspecified atom stereocenters. The van der Waals surface area contributed by atoms with Crippen LogP contribution in [-0.4, -0.2) is 34.5 Å². The van der Waals surface area contributed by atoms with Gasteiger partial charge >= 0.3 is 0 Å². The molecule has 9 heteroatoms. The van der Waals surface area contributed by atoms with Crippen molar-refractivity contribution in [2.75, 3.05) is 6.54 Å². The molecule has 0 saturated heterocycles. The van der Waals surface area contributed by atoms with E-state index in [-0.39, 0.29) is 22.6 Å². The number of carbonyl (C=O) groups excluding carboxylic acids is 3. The summed E-state index contributed by atoms with van der Waals surface area (Å²) < 4.78 is 18.6. The van der Waals surface area contributed by atoms with Crippen molar-refractivity contribution in [3.05, 3.63) is 58.8 Å². The lowest BCUT2D eigenvalue weighted by Gasteiger charge is -2.10. The quantitative estimate of drug-likeness (QED) is 0.241. The molecule has 2 N–H and O–H groups in total. The normalized spacial score (nSPS) is 11.3. The van der Waals surface area contributed by atoms with Crippen LogP contribution in [0.2, 0.25) is 5.22 Å². The zero-order chi connectivity index (χ0) is 22.8. The van der Waals surface area contributed by atoms with E-state index in [1.54, 1.807) is 12.1 Å². The Morgan fingerprint density at radius 2 is 1.77 bits per heavy atom. The fraction of sp³-hybridized carbons (Fsp3) is 0.318. The summed E-state index contributed by atoms with van der Waals surface area (Å²) in [7, 11) is 0. The van der Waals surface area contributed by atoms with Crippen LogP contribution in [-0.2, 0) is 14.4 Å². The Morgan fingerprint density at radius 1 is 1.10 bits per heavy atom. The highest BCUT2D eigenvalue weighted by Gasteiger charge is 2.15. The fourth-order valence-electron chi connectivity index (χ4n) is 2.79. The topological polar surface area (TPSA) is 99.9 Å². The van der Waals surface area contributed by atoms with Gasteiger partial charge in [0.15, 0.2) is 5.22 Å². The third kappa shape index (κ3) is 7.99. The SMILES string of the molecule is CC(=O)N(O)C(=O)CCCCCCNC(=O)/C(=C\c1ccc(Cl)o1)c1ccc(F)cc1. The van der Waals surface area contributed by atoms with Gasteiger partial charge in [0.05, 0.1) is 5.57 Å². The van der Waals surface area contributed by atoms with E-state index < -0.39 is 17.6 Å². The monoisotopic (exact) mass is 450 g/mol. The predicted octanol–water partition coefficient (Wildman–Crippen LogP) is 4.44. The van der Waals surface area contributed by atoms with Crippen molar-refractivity contribution < 1.29 is 28.4 Å². The van der Waals surface area contributed by atoms with Gasteiger partial charge in [0, 0.05) is 19.9 Å². The van der Waals surface area contributed by atoms with Crippen molar-refractivity contribution in [3.63, 3.8) is 0 Å². The third-order valence-electron chi connectivity index (χ3n) is 4.42. The van der Waals surface area contributed by atoms with Crippen LogP contribution in [0.4, 0.5) is 4.39 Å². The van der Waals surface area contributed by atoms with Crippen LogP contribution in [0.25, 0.3) is 11.6 Å². The number of amides is 3. The average Bonchev–Trinajstić information content (AvgIpc) is 3.15. The molecule has 2 rings (SSSR count). The van der Waals surface area contributed by atoms with E-state index >= 15 is 0 Å². The molecular weight excluding hydrogens is 427 g/mol. The first-order chi connectivity index (χ1) is 14.8. The highest BCUT2D eigenvalue weighted by Crippen LogP contribution is 2.22. The van der Waals surface area contributed by atoms with Gasteiger partial charge in [-0.2, -0.15) is 5.06 Å². The van der Waals surface area contributed by atoms with Crippen molar-refractivity contribution >= 4 is 41.0 Å². The summed E-state index contributed by atoms with van der Waals surface area (Å²) in [6, 6.07) is 8.74. The lowest BCUT2D eigenvalue weighted by Crippen LogP contribution is -2.31. The van der Waals surface area contributed by atoms with Crippen molar-refractivity contribution in [2.24, 2.45) is 0 Å². The maximum absolute atomic E-state index is 13.3. The Bertz CT molecular complexity index is 940. The smallest absolute Gasteiger partial charge is 0.253 e. The maximum atomic E-state index is 13.3. The number of nitrogens with zero attached hydrogens (tertiary/aromatic N) is 1. The van der Waals surface area contributed by atoms with E-state index in [0.29, 0.717) is 42.7 Å². The van der Waals surface area contributed by atoms with Gasteiger partial charge < -0.3 is 9.73 Å². The third-order valence-corrected chi connectivity index (χ3v) is 4.62. The average molecular weight is 451 g/mol. The molecule has 0 saturated carbocycles. The molecule has 1 aromatic heterocycles. The summed E-state index contributed by atoms with van der Waals surface area (Å²) in [5.41, 5.74) is 0.841. The number of nitrogens with one attached hydrogen (secondary N) is 1. The predicted molar refractivity (Wildman–Crippen MR) is 113 cm³/mol. The van der Waals surface area contributed by atoms with Crippen LogP contribution >= 0.6 is 11.6 Å². The zero-order valence-electron chi connectivity index (χ0n) is 17.1. The summed E-state index contributed by atoms with van der Waals surface area (Å²) in [6.45, 7) is 1.51. The summed E-state index contributed by atoms with van der Waals surface area (Å²) in [4.78, 5) is 35.1. The van der Waals surface area contributed by atoms with E-state index in [9.17, 15) is 24.0 Å². The van der Waals surface area contributed by atoms with Gasteiger partial charge in [0.25, 0.3) is 11.8 Å². The first-order valence-corrected chi connectivity index (χ1v) is 10.2. The molecule has 0 atom stereocenters. The van der Waals surface area contributed by atoms with Crippen LogP contribution in [0.1, 0.15) is 50.4 Å². The Kier molecular flexibility index (Phi) is 9.42. The van der Waals surface area contributed by atoms with Crippen LogP contribution in [0.15, 0.2) is 40.8 Å². The molecule has 2 aromatic rings. The maximum Gasteiger partial charge on any atom is 0.253 e. The second-order valence-electron chi connectivity index (χ2n) is 6.85. The number of carbonyl (C=O) groups is 3. The van der Waals surface area contributed by atoms with Crippen molar-refractivity contribution in [3.8, 4) is 0 Å². The number of imide groups is 1. The second kappa shape index (κ2) is 12.0. The van der Waals surface area contributed by atoms with E-state index in [0.717, 1.165) is 13.3 Å². The van der Waals surface area contributed by atoms with Gasteiger partial charge in [-0.05, 0) is 60.3 Å². The lowest BCUT2D eigenvalue weighted by atomic mass is 10.0. The minimum atomic E-state index is -0.713. The Hall–Kier alpha value is -2.97. The Morgan fingerprint density at radius 3 is 2.39 bits per heavy atom. The lowest BCUT2D eigenvalue weighted by molar-refractivity contribution is -0.177. The molecule has 0 radical (unpaired) electrons. The molecule has 0 aliphatic rings. The van der Waals surface area contributed by atoms with E-state index in [1.165, 1.54) is 30.3 Å². The van der Waals surface area contributed by atoms with Crippen LogP contribution in [0, 0.1) is 5.82 Å². The standard InChI is InChI=1S/C22H24ClFN2O5/c1-15(27)26(30)21(28)6-4-2-3-5-13-25-22(29)19(14-18-11-12-20(23)31-18)16-7-9-17(24)10-8-16/h7-12,14,30H,2-6,13H2,1H3,(H,25,29)/b19-14-. The molecule has 0 aliphatic heterocycles. The molecule has 3 amide bonds. The number of hydroxylamine groups is 2. The number of benzene rings is 1. The molecule has 1 aromatic carbocycles. The minimum absolute atomic E-state index is 0.0750. The van der Waals surface area contributed by atoms with Crippen molar-refractivity contribution in [2.45, 2.75) is 39.0 Å². The fourth-order valence-corrected chi connectivity index (χ4v) is 2.94. The van der Waals surface area contributed by atoms with Gasteiger partial charge in [-0.3, -0.25) is 19.6 Å². The van der Waals surface area contributed by atoms with Crippen LogP contribution in [0.5, 0.6) is 0 Å². The molecule has 31 heavy (non-hydrogen) atoms. The summed E-state index contributed by atoms with van der Waals surface area (Å²) in [5, 5.41) is 12.3. The largest absolute Gasteiger partial charge is 0.445 e. The van der Waals surface area contributed by atoms with E-state index in [2.05, 4.69) is 5.32 Å². The van der Waals surface area contributed by atoms with Crippen LogP contribution in [0.3, 0.4) is 0 Å². The highest BCUT2D eigenvalue weighted by molar-refractivity contribution is 6.29. The molecule has 166 valence electrons. The first kappa shape index (κ1) is 24.3. The Balaban J connectivity index is 1.84. The molecule has 0 bridgehead atoms. The molecule has 7 nitrogen and oxygen atoms in total. The van der Waals surface area contributed by atoms with E-state index in [4.69, 9.17) is 16.0 Å². The summed E-state index contributed by atoms with van der Waals surface area (Å²) in [6.07, 6.45) is 4.28. The molecule has 0 spiro atoms. The highest BCUT2D eigenvalue weighted by atomic mass is 35.5. The minimum Gasteiger partial charge on any atom is -0.445 e. The molecule has 1 heterocycles. The zero-order valence-corrected chi connectivity index (χ0v) is 17.8. The van der Waals surface area contributed by atoms with Crippen molar-refractivity contribution in [1.29, 1.82) is 0 Å². The first-order valence-electron chi connectivity index (χ1n) is 9.81.